The summed E-state index contributed by atoms with van der Waals surface area (Å²) < 4.78 is 0. The van der Waals surface area contributed by atoms with E-state index in [-0.39, 0.29) is 18.2 Å². The van der Waals surface area contributed by atoms with Gasteiger partial charge in [-0.15, -0.1) is 11.8 Å². The lowest BCUT2D eigenvalue weighted by Crippen LogP contribution is -2.37. The van der Waals surface area contributed by atoms with E-state index in [2.05, 4.69) is 10.3 Å². The quantitative estimate of drug-likeness (QED) is 0.606. The highest BCUT2D eigenvalue weighted by atomic mass is 32.2. The molecule has 0 aliphatic heterocycles. The van der Waals surface area contributed by atoms with Crippen LogP contribution in [0.25, 0.3) is 0 Å². The summed E-state index contributed by atoms with van der Waals surface area (Å²) >= 11 is 1.31. The van der Waals surface area contributed by atoms with Gasteiger partial charge < -0.3 is 15.5 Å². The number of amides is 1. The minimum absolute atomic E-state index is 0.163. The molecule has 1 amide bonds. The highest BCUT2D eigenvalue weighted by Gasteiger charge is 2.13. The molecule has 7 heteroatoms. The van der Waals surface area contributed by atoms with Gasteiger partial charge in [0.15, 0.2) is 6.10 Å². The molecule has 0 unspecified atom stereocenters. The van der Waals surface area contributed by atoms with Crippen LogP contribution in [0.5, 0.6) is 0 Å². The van der Waals surface area contributed by atoms with Gasteiger partial charge in [-0.1, -0.05) is 0 Å². The second-order valence-electron chi connectivity index (χ2n) is 3.13. The molecule has 0 bridgehead atoms. The normalized spacial score (nSPS) is 11.8. The monoisotopic (exact) mass is 256 g/mol. The van der Waals surface area contributed by atoms with Gasteiger partial charge in [0.05, 0.1) is 12.3 Å². The SMILES string of the molecule is O=C(CSc1ccncc1)NC[C@H](O)C(=O)O. The summed E-state index contributed by atoms with van der Waals surface area (Å²) in [4.78, 5) is 26.3. The van der Waals surface area contributed by atoms with Crippen LogP contribution in [-0.2, 0) is 9.59 Å². The van der Waals surface area contributed by atoms with Crippen molar-refractivity contribution >= 4 is 23.6 Å². The van der Waals surface area contributed by atoms with E-state index < -0.39 is 12.1 Å². The van der Waals surface area contributed by atoms with E-state index in [0.717, 1.165) is 4.90 Å². The van der Waals surface area contributed by atoms with E-state index >= 15 is 0 Å². The predicted molar refractivity (Wildman–Crippen MR) is 61.6 cm³/mol. The fraction of sp³-hybridized carbons (Fsp3) is 0.300. The van der Waals surface area contributed by atoms with Crippen LogP contribution >= 0.6 is 11.8 Å². The van der Waals surface area contributed by atoms with Crippen LogP contribution in [0.1, 0.15) is 0 Å². The number of carbonyl (C=O) groups is 2. The Labute approximate surface area is 102 Å². The molecule has 92 valence electrons. The van der Waals surface area contributed by atoms with Gasteiger partial charge in [-0.25, -0.2) is 4.79 Å². The average Bonchev–Trinajstić information content (AvgIpc) is 2.34. The first kappa shape index (κ1) is 13.5. The lowest BCUT2D eigenvalue weighted by Gasteiger charge is -2.07. The van der Waals surface area contributed by atoms with Gasteiger partial charge in [0, 0.05) is 17.3 Å². The summed E-state index contributed by atoms with van der Waals surface area (Å²) in [6.45, 7) is -0.287. The Bertz CT molecular complexity index is 385. The fourth-order valence-electron chi connectivity index (χ4n) is 0.932. The van der Waals surface area contributed by atoms with Crippen LogP contribution in [0.4, 0.5) is 0 Å². The molecule has 3 N–H and O–H groups in total. The number of carboxylic acid groups (broad SMARTS) is 1. The van der Waals surface area contributed by atoms with Crippen LogP contribution in [0.3, 0.4) is 0 Å². The first-order chi connectivity index (χ1) is 8.09. The smallest absolute Gasteiger partial charge is 0.334 e. The van der Waals surface area contributed by atoms with Gasteiger partial charge in [0.1, 0.15) is 0 Å². The highest BCUT2D eigenvalue weighted by Crippen LogP contribution is 2.15. The van der Waals surface area contributed by atoms with Crippen LogP contribution in [-0.4, -0.2) is 45.5 Å². The van der Waals surface area contributed by atoms with Gasteiger partial charge in [-0.3, -0.25) is 9.78 Å². The number of nitrogens with zero attached hydrogens (tertiary/aromatic N) is 1. The summed E-state index contributed by atoms with van der Waals surface area (Å²) in [7, 11) is 0. The molecular weight excluding hydrogens is 244 g/mol. The van der Waals surface area contributed by atoms with Crippen LogP contribution in [0.15, 0.2) is 29.4 Å². The second kappa shape index (κ2) is 6.87. The predicted octanol–water partition coefficient (Wildman–Crippen LogP) is -0.265. The molecule has 1 aromatic heterocycles. The van der Waals surface area contributed by atoms with Crippen molar-refractivity contribution in [2.75, 3.05) is 12.3 Å². The maximum atomic E-state index is 11.3. The van der Waals surface area contributed by atoms with E-state index in [1.165, 1.54) is 11.8 Å². The van der Waals surface area contributed by atoms with Crippen LogP contribution in [0.2, 0.25) is 0 Å². The summed E-state index contributed by atoms with van der Waals surface area (Å²) in [5.74, 6) is -1.52. The largest absolute Gasteiger partial charge is 0.479 e. The number of nitrogens with one attached hydrogen (secondary N) is 1. The van der Waals surface area contributed by atoms with Gasteiger partial charge in [0.25, 0.3) is 0 Å². The Kier molecular flexibility index (Phi) is 5.44. The van der Waals surface area contributed by atoms with Gasteiger partial charge >= 0.3 is 5.97 Å². The van der Waals surface area contributed by atoms with Crippen LogP contribution < -0.4 is 5.32 Å². The number of aromatic nitrogens is 1. The number of thioether (sulfide) groups is 1. The number of hydrogen-bond donors (Lipinski definition) is 3. The van der Waals surface area contributed by atoms with Gasteiger partial charge in [-0.2, -0.15) is 0 Å². The Hall–Kier alpha value is -1.60. The molecular formula is C10H12N2O4S. The van der Waals surface area contributed by atoms with E-state index in [1.807, 2.05) is 0 Å². The summed E-state index contributed by atoms with van der Waals surface area (Å²) in [5, 5.41) is 19.6. The number of aliphatic carboxylic acids is 1. The van der Waals surface area contributed by atoms with Crippen LogP contribution in [0, 0.1) is 0 Å². The molecule has 0 aromatic carbocycles. The van der Waals surface area contributed by atoms with Crippen molar-refractivity contribution < 1.29 is 19.8 Å². The molecule has 17 heavy (non-hydrogen) atoms. The molecule has 0 aliphatic carbocycles. The van der Waals surface area contributed by atoms with Crippen molar-refractivity contribution in [1.29, 1.82) is 0 Å². The molecule has 0 spiro atoms. The molecule has 1 rings (SSSR count). The average molecular weight is 256 g/mol. The van der Waals surface area contributed by atoms with Crippen molar-refractivity contribution in [3.05, 3.63) is 24.5 Å². The lowest BCUT2D eigenvalue weighted by atomic mass is 10.3. The van der Waals surface area contributed by atoms with Crippen molar-refractivity contribution in [2.45, 2.75) is 11.0 Å². The standard InChI is InChI=1S/C10H12N2O4S/c13-8(10(15)16)5-12-9(14)6-17-7-1-3-11-4-2-7/h1-4,8,13H,5-6H2,(H,12,14)(H,15,16)/t8-/m0/s1. The van der Waals surface area contributed by atoms with E-state index in [9.17, 15) is 9.59 Å². The molecule has 0 fully saturated rings. The number of aliphatic hydroxyl groups excluding tert-OH is 1. The van der Waals surface area contributed by atoms with Gasteiger partial charge in [0.2, 0.25) is 5.91 Å². The first-order valence-corrected chi connectivity index (χ1v) is 5.78. The molecule has 1 aromatic rings. The zero-order valence-electron chi connectivity index (χ0n) is 8.87. The zero-order valence-corrected chi connectivity index (χ0v) is 9.68. The summed E-state index contributed by atoms with van der Waals surface area (Å²) in [6, 6.07) is 3.54. The first-order valence-electron chi connectivity index (χ1n) is 4.80. The van der Waals surface area contributed by atoms with Crippen molar-refractivity contribution in [1.82, 2.24) is 10.3 Å². The molecule has 6 nitrogen and oxygen atoms in total. The Balaban J connectivity index is 2.24. The highest BCUT2D eigenvalue weighted by molar-refractivity contribution is 8.00. The molecule has 1 heterocycles. The number of pyridine rings is 1. The third-order valence-electron chi connectivity index (χ3n) is 1.80. The number of hydrogen-bond acceptors (Lipinski definition) is 5. The summed E-state index contributed by atoms with van der Waals surface area (Å²) in [6.07, 6.45) is 1.67. The second-order valence-corrected chi connectivity index (χ2v) is 4.18. The molecule has 1 atom stereocenters. The third-order valence-corrected chi connectivity index (χ3v) is 2.81. The maximum absolute atomic E-state index is 11.3. The molecule has 0 saturated carbocycles. The minimum Gasteiger partial charge on any atom is -0.479 e. The topological polar surface area (TPSA) is 99.5 Å². The fourth-order valence-corrected chi connectivity index (χ4v) is 1.65. The molecule has 0 saturated heterocycles. The van der Waals surface area contributed by atoms with Crippen molar-refractivity contribution in [3.63, 3.8) is 0 Å². The van der Waals surface area contributed by atoms with Gasteiger partial charge in [-0.05, 0) is 12.1 Å². The zero-order chi connectivity index (χ0) is 12.7. The van der Waals surface area contributed by atoms with E-state index in [1.54, 1.807) is 24.5 Å². The van der Waals surface area contributed by atoms with Crippen molar-refractivity contribution in [2.24, 2.45) is 0 Å². The molecule has 0 aliphatic rings. The number of aliphatic hydroxyl groups is 1. The Morgan fingerprint density at radius 1 is 1.41 bits per heavy atom. The molecule has 0 radical (unpaired) electrons. The Morgan fingerprint density at radius 3 is 2.65 bits per heavy atom. The number of carboxylic acids is 1. The van der Waals surface area contributed by atoms with E-state index in [0.29, 0.717) is 0 Å². The number of carbonyl (C=O) groups excluding carboxylic acids is 1. The lowest BCUT2D eigenvalue weighted by molar-refractivity contribution is -0.146. The maximum Gasteiger partial charge on any atom is 0.334 e. The third kappa shape index (κ3) is 5.32. The van der Waals surface area contributed by atoms with E-state index in [4.69, 9.17) is 10.2 Å². The summed E-state index contributed by atoms with van der Waals surface area (Å²) in [5.41, 5.74) is 0. The number of rotatable bonds is 6. The van der Waals surface area contributed by atoms with Crippen molar-refractivity contribution in [3.8, 4) is 0 Å². The Morgan fingerprint density at radius 2 is 2.06 bits per heavy atom. The minimum atomic E-state index is -1.56.